The quantitative estimate of drug-likeness (QED) is 0.857. The van der Waals surface area contributed by atoms with Gasteiger partial charge in [0.2, 0.25) is 5.91 Å². The van der Waals surface area contributed by atoms with Crippen LogP contribution in [0.3, 0.4) is 0 Å². The van der Waals surface area contributed by atoms with E-state index in [9.17, 15) is 14.0 Å². The van der Waals surface area contributed by atoms with Crippen molar-refractivity contribution in [3.8, 4) is 0 Å². The zero-order valence-electron chi connectivity index (χ0n) is 9.60. The Hall–Kier alpha value is -1.98. The first-order valence-corrected chi connectivity index (χ1v) is 5.71. The van der Waals surface area contributed by atoms with Crippen LogP contribution in [0.1, 0.15) is 19.3 Å². The maximum absolute atomic E-state index is 13.3. The number of halogens is 1. The fraction of sp³-hybridized carbons (Fsp3) is 0.417. The summed E-state index contributed by atoms with van der Waals surface area (Å²) in [5, 5.41) is 11.3. The third-order valence-electron chi connectivity index (χ3n) is 3.18. The van der Waals surface area contributed by atoms with Crippen molar-refractivity contribution < 1.29 is 19.1 Å². The van der Waals surface area contributed by atoms with Gasteiger partial charge >= 0.3 is 5.97 Å². The fourth-order valence-electron chi connectivity index (χ4n) is 2.16. The van der Waals surface area contributed by atoms with Gasteiger partial charge in [-0.3, -0.25) is 14.6 Å². The highest BCUT2D eigenvalue weighted by atomic mass is 19.1. The summed E-state index contributed by atoms with van der Waals surface area (Å²) in [5.41, 5.74) is 0.0776. The first kappa shape index (κ1) is 12.5. The molecule has 18 heavy (non-hydrogen) atoms. The summed E-state index contributed by atoms with van der Waals surface area (Å²) >= 11 is 0. The van der Waals surface area contributed by atoms with E-state index in [1.165, 1.54) is 12.3 Å². The maximum Gasteiger partial charge on any atom is 0.306 e. The summed E-state index contributed by atoms with van der Waals surface area (Å²) in [5.74, 6) is -2.63. The molecule has 2 N–H and O–H groups in total. The summed E-state index contributed by atoms with van der Waals surface area (Å²) in [6.07, 6.45) is 3.73. The molecule has 1 heterocycles. The topological polar surface area (TPSA) is 79.3 Å². The van der Waals surface area contributed by atoms with Gasteiger partial charge in [0.05, 0.1) is 17.8 Å². The molecule has 1 aromatic rings. The van der Waals surface area contributed by atoms with Crippen molar-refractivity contribution in [2.75, 3.05) is 5.32 Å². The highest BCUT2D eigenvalue weighted by Crippen LogP contribution is 2.32. The SMILES string of the molecule is O=C(O)C1CCC(C(=O)Nc2ccncc2F)C1. The van der Waals surface area contributed by atoms with Crippen molar-refractivity contribution in [3.63, 3.8) is 0 Å². The van der Waals surface area contributed by atoms with Gasteiger partial charge in [0.1, 0.15) is 0 Å². The molecule has 0 aromatic carbocycles. The smallest absolute Gasteiger partial charge is 0.306 e. The van der Waals surface area contributed by atoms with Crippen LogP contribution >= 0.6 is 0 Å². The summed E-state index contributed by atoms with van der Waals surface area (Å²) < 4.78 is 13.3. The number of nitrogens with zero attached hydrogens (tertiary/aromatic N) is 1. The fourth-order valence-corrected chi connectivity index (χ4v) is 2.16. The molecule has 1 aliphatic rings. The average Bonchev–Trinajstić information content (AvgIpc) is 2.81. The van der Waals surface area contributed by atoms with Crippen molar-refractivity contribution in [3.05, 3.63) is 24.3 Å². The van der Waals surface area contributed by atoms with E-state index in [1.54, 1.807) is 0 Å². The Labute approximate surface area is 103 Å². The number of hydrogen-bond acceptors (Lipinski definition) is 3. The molecular formula is C12H13FN2O3. The van der Waals surface area contributed by atoms with Crippen molar-refractivity contribution in [2.24, 2.45) is 11.8 Å². The number of hydrogen-bond donors (Lipinski definition) is 2. The molecule has 2 unspecified atom stereocenters. The highest BCUT2D eigenvalue weighted by molar-refractivity contribution is 5.93. The largest absolute Gasteiger partial charge is 0.481 e. The van der Waals surface area contributed by atoms with Crippen LogP contribution in [0.25, 0.3) is 0 Å². The zero-order valence-corrected chi connectivity index (χ0v) is 9.60. The van der Waals surface area contributed by atoms with Gasteiger partial charge in [-0.1, -0.05) is 0 Å². The second-order valence-corrected chi connectivity index (χ2v) is 4.39. The molecular weight excluding hydrogens is 239 g/mol. The van der Waals surface area contributed by atoms with Gasteiger partial charge in [-0.2, -0.15) is 0 Å². The van der Waals surface area contributed by atoms with Crippen molar-refractivity contribution in [1.29, 1.82) is 0 Å². The van der Waals surface area contributed by atoms with Crippen LogP contribution in [0.5, 0.6) is 0 Å². The molecule has 6 heteroatoms. The van der Waals surface area contributed by atoms with Gasteiger partial charge in [-0.25, -0.2) is 4.39 Å². The second kappa shape index (κ2) is 5.12. The number of aromatic nitrogens is 1. The minimum Gasteiger partial charge on any atom is -0.481 e. The molecule has 96 valence electrons. The minimum atomic E-state index is -0.875. The van der Waals surface area contributed by atoms with E-state index in [-0.39, 0.29) is 17.5 Å². The van der Waals surface area contributed by atoms with Gasteiger partial charge in [0, 0.05) is 12.1 Å². The van der Waals surface area contributed by atoms with E-state index in [4.69, 9.17) is 5.11 Å². The summed E-state index contributed by atoms with van der Waals surface area (Å²) in [6.45, 7) is 0. The Morgan fingerprint density at radius 2 is 2.11 bits per heavy atom. The van der Waals surface area contributed by atoms with Gasteiger partial charge < -0.3 is 10.4 Å². The normalized spacial score (nSPS) is 22.7. The number of amides is 1. The Kier molecular flexibility index (Phi) is 3.55. The van der Waals surface area contributed by atoms with E-state index >= 15 is 0 Å². The molecule has 1 aromatic heterocycles. The highest BCUT2D eigenvalue weighted by Gasteiger charge is 2.33. The second-order valence-electron chi connectivity index (χ2n) is 4.39. The molecule has 1 saturated carbocycles. The Balaban J connectivity index is 1.98. The summed E-state index contributed by atoms with van der Waals surface area (Å²) in [4.78, 5) is 26.2. The third-order valence-corrected chi connectivity index (χ3v) is 3.18. The van der Waals surface area contributed by atoms with Gasteiger partial charge in [0.25, 0.3) is 0 Å². The van der Waals surface area contributed by atoms with Crippen LogP contribution in [0.4, 0.5) is 10.1 Å². The first-order valence-electron chi connectivity index (χ1n) is 5.71. The van der Waals surface area contributed by atoms with Crippen LogP contribution in [0, 0.1) is 17.7 Å². The number of anilines is 1. The van der Waals surface area contributed by atoms with Gasteiger partial charge in [0.15, 0.2) is 5.82 Å². The number of rotatable bonds is 3. The molecule has 1 aliphatic carbocycles. The number of aliphatic carboxylic acids is 1. The molecule has 0 spiro atoms. The van der Waals surface area contributed by atoms with Crippen LogP contribution in [0.15, 0.2) is 18.5 Å². The lowest BCUT2D eigenvalue weighted by Gasteiger charge is -2.11. The number of carbonyl (C=O) groups is 2. The number of carboxylic acid groups (broad SMARTS) is 1. The molecule has 0 radical (unpaired) electrons. The number of carbonyl (C=O) groups excluding carboxylic acids is 1. The molecule has 0 bridgehead atoms. The third kappa shape index (κ3) is 2.64. The van der Waals surface area contributed by atoms with Crippen LogP contribution < -0.4 is 5.32 Å². The predicted octanol–water partition coefficient (Wildman–Crippen LogP) is 1.66. The minimum absolute atomic E-state index is 0.0776. The molecule has 5 nitrogen and oxygen atoms in total. The van der Waals surface area contributed by atoms with Crippen molar-refractivity contribution in [2.45, 2.75) is 19.3 Å². The monoisotopic (exact) mass is 252 g/mol. The van der Waals surface area contributed by atoms with Crippen LogP contribution in [-0.2, 0) is 9.59 Å². The van der Waals surface area contributed by atoms with E-state index in [0.717, 1.165) is 6.20 Å². The average molecular weight is 252 g/mol. The molecule has 2 atom stereocenters. The van der Waals surface area contributed by atoms with Crippen molar-refractivity contribution >= 4 is 17.6 Å². The van der Waals surface area contributed by atoms with E-state index in [0.29, 0.717) is 19.3 Å². The maximum atomic E-state index is 13.3. The van der Waals surface area contributed by atoms with Crippen molar-refractivity contribution in [1.82, 2.24) is 4.98 Å². The van der Waals surface area contributed by atoms with Crippen LogP contribution in [-0.4, -0.2) is 22.0 Å². The van der Waals surface area contributed by atoms with E-state index in [1.807, 2.05) is 0 Å². The predicted molar refractivity (Wildman–Crippen MR) is 61.3 cm³/mol. The summed E-state index contributed by atoms with van der Waals surface area (Å²) in [7, 11) is 0. The molecule has 0 aliphatic heterocycles. The first-order chi connectivity index (χ1) is 8.58. The lowest BCUT2D eigenvalue weighted by molar-refractivity contribution is -0.141. The Morgan fingerprint density at radius 3 is 2.72 bits per heavy atom. The Morgan fingerprint density at radius 1 is 1.39 bits per heavy atom. The zero-order chi connectivity index (χ0) is 13.1. The lowest BCUT2D eigenvalue weighted by Crippen LogP contribution is -2.22. The molecule has 1 fully saturated rings. The van der Waals surface area contributed by atoms with Gasteiger partial charge in [-0.05, 0) is 25.3 Å². The van der Waals surface area contributed by atoms with E-state index in [2.05, 4.69) is 10.3 Å². The molecule has 1 amide bonds. The standard InChI is InChI=1S/C12H13FN2O3/c13-9-6-14-4-3-10(9)15-11(16)7-1-2-8(5-7)12(17)18/h3-4,6-8H,1-2,5H2,(H,17,18)(H,14,15,16). The summed E-state index contributed by atoms with van der Waals surface area (Å²) in [6, 6.07) is 1.37. The number of pyridine rings is 1. The molecule has 0 saturated heterocycles. The number of nitrogens with one attached hydrogen (secondary N) is 1. The van der Waals surface area contributed by atoms with Crippen LogP contribution in [0.2, 0.25) is 0 Å². The number of carboxylic acids is 1. The Bertz CT molecular complexity index is 478. The van der Waals surface area contributed by atoms with E-state index < -0.39 is 17.7 Å². The molecule has 2 rings (SSSR count). The van der Waals surface area contributed by atoms with Gasteiger partial charge in [-0.15, -0.1) is 0 Å². The lowest BCUT2D eigenvalue weighted by atomic mass is 10.0.